The fourth-order valence-corrected chi connectivity index (χ4v) is 4.02. The number of fused-ring (bicyclic) bond motifs is 1. The van der Waals surface area contributed by atoms with Crippen LogP contribution in [0.1, 0.15) is 63.5 Å². The van der Waals surface area contributed by atoms with Gasteiger partial charge in [0.05, 0.1) is 0 Å². The van der Waals surface area contributed by atoms with Crippen LogP contribution >= 0.6 is 0 Å². The highest BCUT2D eigenvalue weighted by Gasteiger charge is 2.14. The lowest BCUT2D eigenvalue weighted by molar-refractivity contribution is 0.232. The van der Waals surface area contributed by atoms with Gasteiger partial charge < -0.3 is 20.1 Å². The standard InChI is InChI=1S/C20H37N7/c1-2-21-20(23-13-17-26-14-6-4-7-15-26)22-12-9-11-19-25-24-18-10-5-3-8-16-27(18)19/h2-17H2,1H3,(H2,21,22,23). The molecule has 1 aromatic heterocycles. The summed E-state index contributed by atoms with van der Waals surface area (Å²) in [6.45, 7) is 9.49. The summed E-state index contributed by atoms with van der Waals surface area (Å²) in [5, 5.41) is 15.7. The summed E-state index contributed by atoms with van der Waals surface area (Å²) in [4.78, 5) is 7.30. The van der Waals surface area contributed by atoms with E-state index in [1.54, 1.807) is 0 Å². The van der Waals surface area contributed by atoms with Crippen molar-refractivity contribution in [3.8, 4) is 0 Å². The molecule has 7 heteroatoms. The lowest BCUT2D eigenvalue weighted by Gasteiger charge is -2.26. The Balaban J connectivity index is 1.40. The van der Waals surface area contributed by atoms with Crippen molar-refractivity contribution < 1.29 is 0 Å². The fraction of sp³-hybridized carbons (Fsp3) is 0.850. The van der Waals surface area contributed by atoms with Crippen LogP contribution in [0.4, 0.5) is 0 Å². The van der Waals surface area contributed by atoms with Gasteiger partial charge in [0, 0.05) is 45.6 Å². The minimum absolute atomic E-state index is 0.821. The van der Waals surface area contributed by atoms with E-state index in [-0.39, 0.29) is 0 Å². The minimum Gasteiger partial charge on any atom is -0.357 e. The highest BCUT2D eigenvalue weighted by molar-refractivity contribution is 5.79. The summed E-state index contributed by atoms with van der Waals surface area (Å²) in [6.07, 6.45) is 11.0. The van der Waals surface area contributed by atoms with E-state index in [1.807, 2.05) is 0 Å². The SMILES string of the molecule is CCNC(=NCCCc1nnc2n1CCCCC2)NCCN1CCCCC1. The number of hydrogen-bond acceptors (Lipinski definition) is 4. The third kappa shape index (κ3) is 6.48. The summed E-state index contributed by atoms with van der Waals surface area (Å²) in [6, 6.07) is 0. The highest BCUT2D eigenvalue weighted by Crippen LogP contribution is 2.15. The maximum absolute atomic E-state index is 4.74. The number of nitrogens with zero attached hydrogens (tertiary/aromatic N) is 5. The van der Waals surface area contributed by atoms with Gasteiger partial charge in [0.1, 0.15) is 11.6 Å². The van der Waals surface area contributed by atoms with Crippen molar-refractivity contribution in [2.75, 3.05) is 39.3 Å². The molecule has 0 aromatic carbocycles. The normalized spacial score (nSPS) is 18.8. The summed E-state index contributed by atoms with van der Waals surface area (Å²) in [5.41, 5.74) is 0. The summed E-state index contributed by atoms with van der Waals surface area (Å²) in [7, 11) is 0. The molecule has 1 saturated heterocycles. The number of likely N-dealkylation sites (tertiary alicyclic amines) is 1. The zero-order chi connectivity index (χ0) is 18.7. The molecule has 7 nitrogen and oxygen atoms in total. The molecule has 3 heterocycles. The van der Waals surface area contributed by atoms with Crippen LogP contribution in [0.15, 0.2) is 4.99 Å². The third-order valence-electron chi connectivity index (χ3n) is 5.53. The predicted molar refractivity (Wildman–Crippen MR) is 110 cm³/mol. The van der Waals surface area contributed by atoms with Crippen molar-refractivity contribution in [2.45, 2.75) is 71.3 Å². The smallest absolute Gasteiger partial charge is 0.191 e. The zero-order valence-electron chi connectivity index (χ0n) is 17.0. The first-order valence-electron chi connectivity index (χ1n) is 11.0. The molecule has 0 radical (unpaired) electrons. The molecule has 3 rings (SSSR count). The van der Waals surface area contributed by atoms with Crippen LogP contribution in [0.3, 0.4) is 0 Å². The van der Waals surface area contributed by atoms with E-state index in [1.165, 1.54) is 57.4 Å². The number of nitrogens with one attached hydrogen (secondary N) is 2. The molecule has 0 spiro atoms. The Morgan fingerprint density at radius 1 is 1.00 bits per heavy atom. The van der Waals surface area contributed by atoms with Crippen LogP contribution in [0.5, 0.6) is 0 Å². The third-order valence-corrected chi connectivity index (χ3v) is 5.53. The molecular formula is C20H37N7. The number of aliphatic imine (C=N–C) groups is 1. The first-order chi connectivity index (χ1) is 13.4. The zero-order valence-corrected chi connectivity index (χ0v) is 17.0. The number of hydrogen-bond donors (Lipinski definition) is 2. The molecule has 1 fully saturated rings. The Labute approximate surface area is 164 Å². The second-order valence-corrected chi connectivity index (χ2v) is 7.69. The van der Waals surface area contributed by atoms with Gasteiger partial charge in [-0.1, -0.05) is 12.8 Å². The van der Waals surface area contributed by atoms with Gasteiger partial charge in [-0.2, -0.15) is 0 Å². The Morgan fingerprint density at radius 3 is 2.67 bits per heavy atom. The summed E-state index contributed by atoms with van der Waals surface area (Å²) < 4.78 is 2.35. The molecule has 0 bridgehead atoms. The molecule has 0 unspecified atom stereocenters. The van der Waals surface area contributed by atoms with Gasteiger partial charge in [0.2, 0.25) is 0 Å². The van der Waals surface area contributed by atoms with Gasteiger partial charge in [0.25, 0.3) is 0 Å². The van der Waals surface area contributed by atoms with Gasteiger partial charge in [-0.3, -0.25) is 4.99 Å². The average molecular weight is 376 g/mol. The number of guanidine groups is 1. The van der Waals surface area contributed by atoms with E-state index < -0.39 is 0 Å². The Bertz CT molecular complexity index is 575. The molecule has 0 atom stereocenters. The van der Waals surface area contributed by atoms with Crippen LogP contribution in [-0.2, 0) is 19.4 Å². The molecule has 2 aliphatic rings. The topological polar surface area (TPSA) is 70.4 Å². The molecular weight excluding hydrogens is 338 g/mol. The molecule has 1 aromatic rings. The van der Waals surface area contributed by atoms with Gasteiger partial charge in [-0.05, 0) is 52.1 Å². The van der Waals surface area contributed by atoms with E-state index >= 15 is 0 Å². The maximum Gasteiger partial charge on any atom is 0.191 e. The van der Waals surface area contributed by atoms with Crippen LogP contribution in [-0.4, -0.2) is 64.9 Å². The minimum atomic E-state index is 0.821. The van der Waals surface area contributed by atoms with E-state index in [0.29, 0.717) is 0 Å². The molecule has 0 amide bonds. The lowest BCUT2D eigenvalue weighted by Crippen LogP contribution is -2.42. The summed E-state index contributed by atoms with van der Waals surface area (Å²) >= 11 is 0. The predicted octanol–water partition coefficient (Wildman–Crippen LogP) is 1.98. The molecule has 27 heavy (non-hydrogen) atoms. The molecule has 2 aliphatic heterocycles. The Morgan fingerprint density at radius 2 is 1.81 bits per heavy atom. The van der Waals surface area contributed by atoms with Crippen molar-refractivity contribution in [2.24, 2.45) is 4.99 Å². The molecule has 152 valence electrons. The maximum atomic E-state index is 4.74. The van der Waals surface area contributed by atoms with Gasteiger partial charge in [0.15, 0.2) is 5.96 Å². The van der Waals surface area contributed by atoms with Crippen LogP contribution in [0, 0.1) is 0 Å². The first-order valence-corrected chi connectivity index (χ1v) is 11.0. The van der Waals surface area contributed by atoms with Gasteiger partial charge >= 0.3 is 0 Å². The number of aromatic nitrogens is 3. The first kappa shape index (κ1) is 20.1. The largest absolute Gasteiger partial charge is 0.357 e. The number of aryl methyl sites for hydroxylation is 2. The second kappa shape index (κ2) is 11.3. The number of piperidine rings is 1. The van der Waals surface area contributed by atoms with E-state index in [9.17, 15) is 0 Å². The van der Waals surface area contributed by atoms with Crippen LogP contribution in [0.25, 0.3) is 0 Å². The lowest BCUT2D eigenvalue weighted by atomic mass is 10.1. The fourth-order valence-electron chi connectivity index (χ4n) is 4.02. The highest BCUT2D eigenvalue weighted by atomic mass is 15.3. The van der Waals surface area contributed by atoms with Crippen molar-refractivity contribution in [1.29, 1.82) is 0 Å². The monoisotopic (exact) mass is 375 g/mol. The van der Waals surface area contributed by atoms with E-state index in [2.05, 4.69) is 37.2 Å². The number of rotatable bonds is 8. The average Bonchev–Trinajstić information content (AvgIpc) is 2.92. The van der Waals surface area contributed by atoms with E-state index in [0.717, 1.165) is 63.8 Å². The van der Waals surface area contributed by atoms with Crippen LogP contribution < -0.4 is 10.6 Å². The quantitative estimate of drug-likeness (QED) is 0.413. The van der Waals surface area contributed by atoms with Crippen molar-refractivity contribution >= 4 is 5.96 Å². The van der Waals surface area contributed by atoms with Gasteiger partial charge in [-0.15, -0.1) is 10.2 Å². The van der Waals surface area contributed by atoms with Crippen LogP contribution in [0.2, 0.25) is 0 Å². The van der Waals surface area contributed by atoms with Crippen molar-refractivity contribution in [3.63, 3.8) is 0 Å². The molecule has 0 saturated carbocycles. The van der Waals surface area contributed by atoms with Gasteiger partial charge in [-0.25, -0.2) is 0 Å². The van der Waals surface area contributed by atoms with Crippen molar-refractivity contribution in [1.82, 2.24) is 30.3 Å². The second-order valence-electron chi connectivity index (χ2n) is 7.69. The van der Waals surface area contributed by atoms with E-state index in [4.69, 9.17) is 4.99 Å². The molecule has 0 aliphatic carbocycles. The Hall–Kier alpha value is -1.63. The summed E-state index contributed by atoms with van der Waals surface area (Å²) in [5.74, 6) is 3.26. The Kier molecular flexibility index (Phi) is 8.39. The van der Waals surface area contributed by atoms with Crippen molar-refractivity contribution in [3.05, 3.63) is 11.6 Å². The molecule has 2 N–H and O–H groups in total.